The fourth-order valence-electron chi connectivity index (χ4n) is 3.24. The lowest BCUT2D eigenvalue weighted by molar-refractivity contribution is 0.419. The van der Waals surface area contributed by atoms with Gasteiger partial charge in [0.25, 0.3) is 0 Å². The number of benzene rings is 3. The van der Waals surface area contributed by atoms with Gasteiger partial charge in [0, 0.05) is 25.8 Å². The summed E-state index contributed by atoms with van der Waals surface area (Å²) >= 11 is 15.7. The Morgan fingerprint density at radius 1 is 0.857 bits per heavy atom. The van der Waals surface area contributed by atoms with Crippen molar-refractivity contribution in [2.45, 2.75) is 12.2 Å². The van der Waals surface area contributed by atoms with E-state index in [0.29, 0.717) is 10.0 Å². The molecule has 0 fully saturated rings. The van der Waals surface area contributed by atoms with Gasteiger partial charge in [0.15, 0.2) is 0 Å². The number of halogens is 3. The smallest absolute Gasteiger partial charge is 0.120 e. The van der Waals surface area contributed by atoms with E-state index >= 15 is 0 Å². The first-order valence-corrected chi connectivity index (χ1v) is 10.3. The highest BCUT2D eigenvalue weighted by molar-refractivity contribution is 9.10. The number of rotatable bonds is 3. The van der Waals surface area contributed by atoms with E-state index in [1.165, 1.54) is 0 Å². The Balaban J connectivity index is 1.76. The monoisotopic (exact) mass is 474 g/mol. The summed E-state index contributed by atoms with van der Waals surface area (Å²) in [5.41, 5.74) is 3.78. The molecule has 0 saturated heterocycles. The standard InChI is InChI=1S/C22H17BrCl2N2O/c23-15-5-1-13(2-6-15)19-12-20(18-11-17(25)9-10-21(18)28)27-22(26-19)14-3-7-16(24)8-4-14/h1-12,20,22,26-28H. The molecule has 3 nitrogen and oxygen atoms in total. The van der Waals surface area contributed by atoms with Crippen molar-refractivity contribution in [3.8, 4) is 5.75 Å². The lowest BCUT2D eigenvalue weighted by Crippen LogP contribution is -2.39. The molecular weight excluding hydrogens is 459 g/mol. The van der Waals surface area contributed by atoms with Crippen molar-refractivity contribution in [3.63, 3.8) is 0 Å². The third kappa shape index (κ3) is 4.20. The van der Waals surface area contributed by atoms with Crippen molar-refractivity contribution in [2.75, 3.05) is 0 Å². The van der Waals surface area contributed by atoms with Crippen LogP contribution in [-0.2, 0) is 0 Å². The van der Waals surface area contributed by atoms with Gasteiger partial charge in [-0.05, 0) is 59.7 Å². The summed E-state index contributed by atoms with van der Waals surface area (Å²) < 4.78 is 1.02. The molecule has 28 heavy (non-hydrogen) atoms. The average molecular weight is 476 g/mol. The normalized spacial score (nSPS) is 19.0. The Kier molecular flexibility index (Phi) is 5.65. The van der Waals surface area contributed by atoms with Crippen LogP contribution < -0.4 is 10.6 Å². The van der Waals surface area contributed by atoms with Crippen molar-refractivity contribution < 1.29 is 5.11 Å². The predicted octanol–water partition coefficient (Wildman–Crippen LogP) is 6.44. The van der Waals surface area contributed by atoms with E-state index in [9.17, 15) is 5.11 Å². The lowest BCUT2D eigenvalue weighted by atomic mass is 9.98. The summed E-state index contributed by atoms with van der Waals surface area (Å²) in [6.07, 6.45) is 1.89. The largest absolute Gasteiger partial charge is 0.508 e. The molecule has 0 radical (unpaired) electrons. The summed E-state index contributed by atoms with van der Waals surface area (Å²) in [5, 5.41) is 18.7. The van der Waals surface area contributed by atoms with Crippen LogP contribution in [0, 0.1) is 0 Å². The summed E-state index contributed by atoms with van der Waals surface area (Å²) in [5.74, 6) is 0.199. The second kappa shape index (κ2) is 8.18. The van der Waals surface area contributed by atoms with Crippen LogP contribution in [0.15, 0.2) is 77.3 Å². The van der Waals surface area contributed by atoms with Crippen LogP contribution in [0.4, 0.5) is 0 Å². The minimum absolute atomic E-state index is 0.163. The lowest BCUT2D eigenvalue weighted by Gasteiger charge is -2.33. The van der Waals surface area contributed by atoms with Crippen LogP contribution in [0.5, 0.6) is 5.75 Å². The van der Waals surface area contributed by atoms with Gasteiger partial charge in [-0.25, -0.2) is 0 Å². The van der Waals surface area contributed by atoms with E-state index in [-0.39, 0.29) is 18.0 Å². The maximum Gasteiger partial charge on any atom is 0.120 e. The molecule has 1 aliphatic heterocycles. The SMILES string of the molecule is Oc1ccc(Cl)cc1C1C=C(c2ccc(Br)cc2)NC(c2ccc(Cl)cc2)N1. The molecule has 0 aliphatic carbocycles. The Labute approximate surface area is 182 Å². The first-order valence-electron chi connectivity index (χ1n) is 8.74. The van der Waals surface area contributed by atoms with Crippen molar-refractivity contribution in [1.82, 2.24) is 10.6 Å². The fraction of sp³-hybridized carbons (Fsp3) is 0.0909. The molecule has 4 rings (SSSR count). The van der Waals surface area contributed by atoms with Crippen molar-refractivity contribution >= 4 is 44.8 Å². The average Bonchev–Trinajstić information content (AvgIpc) is 2.70. The van der Waals surface area contributed by atoms with Gasteiger partial charge in [-0.3, -0.25) is 5.32 Å². The summed E-state index contributed by atoms with van der Waals surface area (Å²) in [6, 6.07) is 20.6. The molecule has 1 aliphatic rings. The zero-order valence-corrected chi connectivity index (χ0v) is 17.8. The van der Waals surface area contributed by atoms with E-state index in [0.717, 1.165) is 26.9 Å². The zero-order chi connectivity index (χ0) is 19.7. The molecule has 142 valence electrons. The minimum atomic E-state index is -0.223. The molecule has 3 aromatic carbocycles. The van der Waals surface area contributed by atoms with E-state index in [1.807, 2.05) is 48.5 Å². The third-order valence-corrected chi connectivity index (χ3v) is 5.68. The molecule has 2 unspecified atom stereocenters. The van der Waals surface area contributed by atoms with Crippen LogP contribution in [0.25, 0.3) is 5.70 Å². The summed E-state index contributed by atoms with van der Waals surface area (Å²) in [4.78, 5) is 0. The highest BCUT2D eigenvalue weighted by atomic mass is 79.9. The number of hydrogen-bond acceptors (Lipinski definition) is 3. The number of phenolic OH excluding ortho intramolecular Hbond substituents is 1. The van der Waals surface area contributed by atoms with Gasteiger partial charge < -0.3 is 10.4 Å². The highest BCUT2D eigenvalue weighted by Crippen LogP contribution is 2.35. The van der Waals surface area contributed by atoms with Crippen LogP contribution in [-0.4, -0.2) is 5.11 Å². The second-order valence-corrected chi connectivity index (χ2v) is 8.35. The van der Waals surface area contributed by atoms with Gasteiger partial charge in [-0.15, -0.1) is 0 Å². The van der Waals surface area contributed by atoms with Crippen molar-refractivity contribution in [2.24, 2.45) is 0 Å². The summed E-state index contributed by atoms with van der Waals surface area (Å²) in [7, 11) is 0. The van der Waals surface area contributed by atoms with Crippen LogP contribution in [0.1, 0.15) is 28.9 Å². The first kappa shape index (κ1) is 19.3. The maximum atomic E-state index is 10.4. The third-order valence-electron chi connectivity index (χ3n) is 4.66. The zero-order valence-electron chi connectivity index (χ0n) is 14.7. The maximum absolute atomic E-state index is 10.4. The highest BCUT2D eigenvalue weighted by Gasteiger charge is 2.25. The van der Waals surface area contributed by atoms with E-state index < -0.39 is 0 Å². The van der Waals surface area contributed by atoms with Gasteiger partial charge in [0.05, 0.1) is 6.04 Å². The molecule has 1 heterocycles. The van der Waals surface area contributed by atoms with Crippen LogP contribution >= 0.6 is 39.1 Å². The number of hydrogen-bond donors (Lipinski definition) is 3. The number of nitrogens with one attached hydrogen (secondary N) is 2. The van der Waals surface area contributed by atoms with Crippen LogP contribution in [0.2, 0.25) is 10.0 Å². The number of aromatic hydroxyl groups is 1. The Morgan fingerprint density at radius 3 is 2.25 bits per heavy atom. The molecule has 0 spiro atoms. The van der Waals surface area contributed by atoms with E-state index in [2.05, 4.69) is 32.6 Å². The molecule has 0 amide bonds. The Morgan fingerprint density at radius 2 is 1.54 bits per heavy atom. The van der Waals surface area contributed by atoms with Gasteiger partial charge in [0.1, 0.15) is 11.9 Å². The second-order valence-electron chi connectivity index (χ2n) is 6.56. The Bertz CT molecular complexity index is 1020. The number of phenols is 1. The van der Waals surface area contributed by atoms with Crippen molar-refractivity contribution in [1.29, 1.82) is 0 Å². The Hall–Kier alpha value is -1.98. The first-order chi connectivity index (χ1) is 13.5. The van der Waals surface area contributed by atoms with Gasteiger partial charge in [-0.1, -0.05) is 63.4 Å². The predicted molar refractivity (Wildman–Crippen MR) is 118 cm³/mol. The minimum Gasteiger partial charge on any atom is -0.508 e. The molecule has 0 bridgehead atoms. The molecule has 0 aromatic heterocycles. The van der Waals surface area contributed by atoms with Crippen LogP contribution in [0.3, 0.4) is 0 Å². The molecule has 2 atom stereocenters. The topological polar surface area (TPSA) is 44.3 Å². The van der Waals surface area contributed by atoms with Gasteiger partial charge >= 0.3 is 0 Å². The molecular formula is C22H17BrCl2N2O. The van der Waals surface area contributed by atoms with E-state index in [4.69, 9.17) is 23.2 Å². The van der Waals surface area contributed by atoms with E-state index in [1.54, 1.807) is 18.2 Å². The molecule has 0 saturated carbocycles. The quantitative estimate of drug-likeness (QED) is 0.408. The molecule has 6 heteroatoms. The van der Waals surface area contributed by atoms with Crippen molar-refractivity contribution in [3.05, 3.63) is 104 Å². The van der Waals surface area contributed by atoms with Gasteiger partial charge in [-0.2, -0.15) is 0 Å². The molecule has 3 N–H and O–H groups in total. The fourth-order valence-corrected chi connectivity index (χ4v) is 3.81. The van der Waals surface area contributed by atoms with Gasteiger partial charge in [0.2, 0.25) is 0 Å². The summed E-state index contributed by atoms with van der Waals surface area (Å²) in [6.45, 7) is 0. The molecule has 3 aromatic rings.